The summed E-state index contributed by atoms with van der Waals surface area (Å²) in [4.78, 5) is 8.66. The molecule has 0 fully saturated rings. The van der Waals surface area contributed by atoms with Gasteiger partial charge in [-0.2, -0.15) is 24.3 Å². The minimum atomic E-state index is 0. The van der Waals surface area contributed by atoms with E-state index in [1.807, 2.05) is 41.0 Å². The first-order valence-corrected chi connectivity index (χ1v) is 10.2. The normalized spacial score (nSPS) is 11.6. The van der Waals surface area contributed by atoms with Gasteiger partial charge in [0.2, 0.25) is 5.88 Å². The van der Waals surface area contributed by atoms with E-state index in [4.69, 9.17) is 7.48 Å². The molecule has 0 atom stereocenters. The summed E-state index contributed by atoms with van der Waals surface area (Å²) in [5.41, 5.74) is 3.58. The molecule has 33 heavy (non-hydrogen) atoms. The number of aromatic nitrogens is 3. The van der Waals surface area contributed by atoms with Crippen LogP contribution in [-0.4, -0.2) is 14.5 Å². The Balaban J connectivity index is 0.00000253. The van der Waals surface area contributed by atoms with Crippen LogP contribution in [0, 0.1) is 12.1 Å². The van der Waals surface area contributed by atoms with Crippen molar-refractivity contribution in [3.8, 4) is 28.6 Å². The Morgan fingerprint density at radius 3 is 2.52 bits per heavy atom. The number of hydrogen-bond donors (Lipinski definition) is 0. The minimum Gasteiger partial charge on any atom is -0.460 e. The second-order valence-electron chi connectivity index (χ2n) is 7.23. The van der Waals surface area contributed by atoms with E-state index in [-0.39, 0.29) is 21.1 Å². The molecule has 0 saturated heterocycles. The number of hydrogen-bond acceptors (Lipinski definition) is 3. The van der Waals surface area contributed by atoms with E-state index in [1.165, 1.54) is 6.20 Å². The molecule has 3 heterocycles. The van der Waals surface area contributed by atoms with E-state index in [0.29, 0.717) is 29.5 Å². The summed E-state index contributed by atoms with van der Waals surface area (Å²) >= 11 is 0. The molecular weight excluding hydrogens is 589 g/mol. The van der Waals surface area contributed by atoms with Gasteiger partial charge in [0.1, 0.15) is 5.82 Å². The van der Waals surface area contributed by atoms with E-state index >= 15 is 0 Å². The van der Waals surface area contributed by atoms with Crippen molar-refractivity contribution < 1.29 is 28.5 Å². The molecule has 4 nitrogen and oxygen atoms in total. The summed E-state index contributed by atoms with van der Waals surface area (Å²) in [5, 5.41) is 2.16. The number of benzene rings is 3. The second-order valence-corrected chi connectivity index (χ2v) is 7.23. The first kappa shape index (κ1) is 18.8. The van der Waals surface area contributed by atoms with E-state index in [9.17, 15) is 0 Å². The van der Waals surface area contributed by atoms with Gasteiger partial charge in [-0.25, -0.2) is 21.1 Å². The zero-order chi connectivity index (χ0) is 23.1. The molecule has 0 amide bonds. The van der Waals surface area contributed by atoms with Gasteiger partial charge in [0.15, 0.2) is 0 Å². The molecule has 3 aromatic carbocycles. The Bertz CT molecular complexity index is 1670. The summed E-state index contributed by atoms with van der Waals surface area (Å²) < 4.78 is 23.5. The molecule has 6 rings (SSSR count). The molecular formula is C28H17N3OPt. The first-order valence-electron chi connectivity index (χ1n) is 11.2. The van der Waals surface area contributed by atoms with Crippen molar-refractivity contribution >= 4 is 21.8 Å². The fraction of sp³-hybridized carbons (Fsp3) is 0. The minimum absolute atomic E-state index is 0. The molecule has 3 aromatic heterocycles. The third-order valence-corrected chi connectivity index (χ3v) is 5.26. The van der Waals surface area contributed by atoms with Crippen LogP contribution in [0.4, 0.5) is 0 Å². The molecule has 0 unspecified atom stereocenters. The van der Waals surface area contributed by atoms with Gasteiger partial charge >= 0.3 is 21.1 Å². The summed E-state index contributed by atoms with van der Waals surface area (Å²) in [7, 11) is 0. The molecule has 6 aromatic rings. The van der Waals surface area contributed by atoms with Gasteiger partial charge in [-0.05, 0) is 35.1 Å². The van der Waals surface area contributed by atoms with Crippen molar-refractivity contribution in [2.75, 3.05) is 0 Å². The van der Waals surface area contributed by atoms with Crippen molar-refractivity contribution in [3.63, 3.8) is 0 Å². The quantitative estimate of drug-likeness (QED) is 0.211. The van der Waals surface area contributed by atoms with Gasteiger partial charge in [-0.1, -0.05) is 35.7 Å². The van der Waals surface area contributed by atoms with Gasteiger partial charge in [0, 0.05) is 29.7 Å². The van der Waals surface area contributed by atoms with Gasteiger partial charge in [-0.15, -0.1) is 18.2 Å². The zero-order valence-corrected chi connectivity index (χ0v) is 19.5. The largest absolute Gasteiger partial charge is 2.00 e. The topological polar surface area (TPSA) is 39.9 Å². The van der Waals surface area contributed by atoms with Gasteiger partial charge in [-0.3, -0.25) is 0 Å². The van der Waals surface area contributed by atoms with Crippen LogP contribution in [0.1, 0.15) is 2.74 Å². The number of para-hydroxylation sites is 1. The van der Waals surface area contributed by atoms with Crippen LogP contribution in [0.3, 0.4) is 0 Å². The average molecular weight is 609 g/mol. The third-order valence-electron chi connectivity index (χ3n) is 5.26. The van der Waals surface area contributed by atoms with Crippen LogP contribution in [0.25, 0.3) is 38.8 Å². The van der Waals surface area contributed by atoms with Crippen molar-refractivity contribution in [2.24, 2.45) is 0 Å². The van der Waals surface area contributed by atoms with Gasteiger partial charge in [0.25, 0.3) is 0 Å². The van der Waals surface area contributed by atoms with E-state index in [1.54, 1.807) is 30.5 Å². The molecule has 0 bridgehead atoms. The summed E-state index contributed by atoms with van der Waals surface area (Å²) in [6.07, 6.45) is 3.09. The Morgan fingerprint density at radius 2 is 1.64 bits per heavy atom. The number of nitrogens with zero attached hydrogens (tertiary/aromatic N) is 3. The molecule has 0 spiro atoms. The maximum atomic E-state index is 8.06. The smallest absolute Gasteiger partial charge is 0.460 e. The van der Waals surface area contributed by atoms with E-state index in [2.05, 4.69) is 40.3 Å². The first-order chi connectivity index (χ1) is 16.7. The molecule has 0 N–H and O–H groups in total. The van der Waals surface area contributed by atoms with Crippen LogP contribution in [0.15, 0.2) is 103 Å². The second kappa shape index (κ2) is 9.01. The SMILES string of the molecule is [2H]c1ccc(Oc2[c-]c(-c3[c-]c4c(cc3)c3ccccc3n4-c3cc([2H])ccn3)ccc2)nc1.[Pt+2]. The summed E-state index contributed by atoms with van der Waals surface area (Å²) in [6, 6.07) is 32.2. The van der Waals surface area contributed by atoms with Gasteiger partial charge < -0.3 is 9.30 Å². The molecule has 5 heteroatoms. The number of fused-ring (bicyclic) bond motifs is 3. The van der Waals surface area contributed by atoms with Crippen LogP contribution in [0.2, 0.25) is 0 Å². The molecule has 0 saturated carbocycles. The maximum absolute atomic E-state index is 8.06. The molecule has 0 radical (unpaired) electrons. The average Bonchev–Trinajstić information content (AvgIpc) is 3.19. The van der Waals surface area contributed by atoms with E-state index in [0.717, 1.165) is 32.9 Å². The fourth-order valence-corrected chi connectivity index (χ4v) is 3.87. The van der Waals surface area contributed by atoms with E-state index < -0.39 is 0 Å². The maximum Gasteiger partial charge on any atom is 2.00 e. The number of rotatable bonds is 4. The number of ether oxygens (including phenoxy) is 1. The molecule has 0 aliphatic heterocycles. The van der Waals surface area contributed by atoms with Crippen LogP contribution in [-0.2, 0) is 21.1 Å². The fourth-order valence-electron chi connectivity index (χ4n) is 3.87. The van der Waals surface area contributed by atoms with Crippen molar-refractivity contribution in [2.45, 2.75) is 0 Å². The Hall–Kier alpha value is -3.75. The number of pyridine rings is 2. The summed E-state index contributed by atoms with van der Waals surface area (Å²) in [6.45, 7) is 0. The molecule has 0 aliphatic rings. The Morgan fingerprint density at radius 1 is 0.727 bits per heavy atom. The van der Waals surface area contributed by atoms with Crippen molar-refractivity contribution in [3.05, 3.63) is 115 Å². The van der Waals surface area contributed by atoms with Crippen molar-refractivity contribution in [1.29, 1.82) is 0 Å². The Labute approximate surface area is 208 Å². The van der Waals surface area contributed by atoms with Crippen molar-refractivity contribution in [1.82, 2.24) is 14.5 Å². The van der Waals surface area contributed by atoms with Crippen LogP contribution < -0.4 is 4.74 Å². The predicted octanol–water partition coefficient (Wildman–Crippen LogP) is 6.63. The standard InChI is InChI=1S/C28H17N3O.Pt/c1-2-11-25-23(10-1)24-15-14-21(19-26(24)31(25)27-12-3-5-16-29-27)20-8-7-9-22(18-20)32-28-13-4-6-17-30-28;/h1-17H;/q-2;+2/i3D,6D;. The van der Waals surface area contributed by atoms with Crippen LogP contribution >= 0.6 is 0 Å². The monoisotopic (exact) mass is 608 g/mol. The Kier molecular flexibility index (Phi) is 5.13. The third kappa shape index (κ3) is 3.94. The van der Waals surface area contributed by atoms with Crippen LogP contribution in [0.5, 0.6) is 11.6 Å². The van der Waals surface area contributed by atoms with Gasteiger partial charge in [0.05, 0.1) is 2.74 Å². The molecule has 160 valence electrons. The predicted molar refractivity (Wildman–Crippen MR) is 126 cm³/mol. The zero-order valence-electron chi connectivity index (χ0n) is 19.2. The molecule has 0 aliphatic carbocycles. The summed E-state index contributed by atoms with van der Waals surface area (Å²) in [5.74, 6) is 1.61.